The van der Waals surface area contributed by atoms with Gasteiger partial charge in [-0.05, 0) is 262 Å². The number of nitrogens with zero attached hydrogens (tertiary/aromatic N) is 23. The average molecular weight is 2290 g/mol. The molecule has 0 bridgehead atoms. The lowest BCUT2D eigenvalue weighted by Gasteiger charge is -2.40. The van der Waals surface area contributed by atoms with Crippen molar-refractivity contribution in [2.24, 2.45) is 29.6 Å². The van der Waals surface area contributed by atoms with Gasteiger partial charge >= 0.3 is 30.5 Å². The van der Waals surface area contributed by atoms with Crippen molar-refractivity contribution < 1.29 is 61.5 Å². The molecule has 736 valence electrons. The minimum absolute atomic E-state index is 0.138. The fraction of sp³-hybridized carbons (Fsp3) is 0.543. The van der Waals surface area contributed by atoms with E-state index in [4.69, 9.17) is 68.1 Å². The Hall–Kier alpha value is -11.2. The van der Waals surface area contributed by atoms with E-state index in [-0.39, 0.29) is 58.8 Å². The highest BCUT2D eigenvalue weighted by molar-refractivity contribution is 9.11. The molecule has 2 aromatic carbocycles. The third-order valence-corrected chi connectivity index (χ3v) is 25.2. The third-order valence-electron chi connectivity index (χ3n) is 21.7. The maximum atomic E-state index is 14.9. The van der Waals surface area contributed by atoms with E-state index in [0.29, 0.717) is 195 Å². The van der Waals surface area contributed by atoms with Crippen LogP contribution in [0.3, 0.4) is 0 Å². The number of aromatic nitrogens is 14. The number of carbonyl (C=O) groups excluding carboxylic acids is 5. The number of ether oxygens (including phenoxy) is 5. The molecule has 7 fully saturated rings. The number of nitrogens with one attached hydrogen (secondary N) is 2. The summed E-state index contributed by atoms with van der Waals surface area (Å²) >= 11 is 19.4. The van der Waals surface area contributed by atoms with Crippen LogP contribution in [0.2, 0.25) is 0 Å². The fourth-order valence-corrected chi connectivity index (χ4v) is 17.7. The van der Waals surface area contributed by atoms with E-state index in [1.807, 2.05) is 104 Å². The van der Waals surface area contributed by atoms with E-state index in [0.717, 1.165) is 47.9 Å². The Morgan fingerprint density at radius 3 is 1.24 bits per heavy atom. The molecule has 4 aliphatic heterocycles. The third kappa shape index (κ3) is 29.3. The van der Waals surface area contributed by atoms with Gasteiger partial charge in [-0.1, -0.05) is 31.1 Å². The lowest BCUT2D eigenvalue weighted by molar-refractivity contribution is -0.00470. The first-order valence-electron chi connectivity index (χ1n) is 44.6. The zero-order valence-corrected chi connectivity index (χ0v) is 89.8. The standard InChI is InChI=1S/C27H29FN6O2.C19H28BrN5O4.C14H20BrN5O2.C13H16Br2N4O2.C12H9FN2.C5H10O.C4HBr2N3/c1-6-23-25(29-5)21(31-34(23)15-17-13-32(14-17)26(35)36-27(2,3)4)10-7-18-11-22-24(12-20(18)28)33(16-30-22)19-8-9-19;1-18(2,3)28-16(26)23(8)15-13(21-7)14(20)22-25(15)11-12-9-24(10-12)17(27)29-19(4,5)6;1-14(2,3)22-13(21)19-6-9(7-19)8-20-12(17-5)10(16-4)11(15)18-20;1-13(2,3)21-12(20)18-5-8(6-18)7-19-11(15)9(16-4)10(14)17-19;1-2-8-5-11-12(6-10(8)13)15(7-14-11)9-3-4-9;6-4-5-2-1-3-5;1-7-2-3(5)8-9-4(2)6/h11-12,16-17,19H,6,8-9,13-15H2,1-4H3;12H,9-11H2,1-6,8H3;9,17H,6-8H2,1-3,5H3;8H,5-7H2,1-3H3;1,5-7,9H,3-4H2;5-6H,1-4H2;(H,8,9). The van der Waals surface area contributed by atoms with Gasteiger partial charge in [-0.3, -0.25) is 28.7 Å². The zero-order valence-electron chi connectivity index (χ0n) is 80.3. The summed E-state index contributed by atoms with van der Waals surface area (Å²) in [6.07, 6.45) is 15.9. The molecule has 7 aliphatic rings. The number of halogens is 8. The number of rotatable bonds is 14. The van der Waals surface area contributed by atoms with Crippen LogP contribution in [0.1, 0.15) is 190 Å². The van der Waals surface area contributed by atoms with Gasteiger partial charge in [0.25, 0.3) is 22.7 Å². The average Bonchev–Trinajstić information content (AvgIpc) is 1.64. The number of benzene rings is 2. The zero-order chi connectivity index (χ0) is 102. The Bertz CT molecular complexity index is 6250. The van der Waals surface area contributed by atoms with E-state index in [1.165, 1.54) is 36.3 Å². The van der Waals surface area contributed by atoms with Crippen LogP contribution >= 0.6 is 95.6 Å². The van der Waals surface area contributed by atoms with Crippen LogP contribution < -0.4 is 10.2 Å². The van der Waals surface area contributed by atoms with Gasteiger partial charge in [-0.15, -0.1) is 6.42 Å². The molecule has 0 unspecified atom stereocenters. The molecule has 36 nitrogen and oxygen atoms in total. The molecule has 3 aliphatic carbocycles. The Balaban J connectivity index is 0.000000175. The number of hydrogen-bond donors (Lipinski definition) is 3. The van der Waals surface area contributed by atoms with Crippen LogP contribution in [-0.2, 0) is 56.3 Å². The highest BCUT2D eigenvalue weighted by Gasteiger charge is 2.41. The SMILES string of the molecule is C#Cc1cc2ncn(C3CC3)c2cc1F.OCC1CCC1.[C-]#[N+]c1c(Br)n[nH]c1Br.[C-]#[N+]c1c(Br)nn(CC2CN(C(=O)OC(C)(C)C)C2)c1Br.[C-]#[N+]c1c(Br)nn(CC2CN(C(=O)OC(C)(C)C)C2)c1N(C)C(=O)OC(C)(C)C.[C-]#[N+]c1c(Br)nn(CC2CN(C(=O)OC(C)(C)C)C2)c1NC.[C-]#[N+]c1c(C#Cc2cc3ncn(C4CC4)c3cc2F)nn(CC2CN(C(=O)OC(C)(C)C)C2)c1CC. The van der Waals surface area contributed by atoms with Gasteiger partial charge in [0.15, 0.2) is 0 Å². The lowest BCUT2D eigenvalue weighted by atomic mass is 9.86. The largest absolute Gasteiger partial charge is 0.444 e. The molecule has 138 heavy (non-hydrogen) atoms. The molecule has 44 heteroatoms. The van der Waals surface area contributed by atoms with Gasteiger partial charge in [-0.2, -0.15) is 25.5 Å². The smallest absolute Gasteiger partial charge is 0.414 e. The molecule has 11 heterocycles. The molecule has 0 spiro atoms. The van der Waals surface area contributed by atoms with Crippen molar-refractivity contribution in [3.63, 3.8) is 0 Å². The number of aliphatic hydroxyl groups is 1. The first-order valence-corrected chi connectivity index (χ1v) is 49.4. The Labute approximate surface area is 852 Å². The molecule has 7 aromatic heterocycles. The van der Waals surface area contributed by atoms with Crippen molar-refractivity contribution in [3.8, 4) is 24.2 Å². The number of amides is 5. The molecular formula is C94H113Br6F2N25O11. The molecule has 9 aromatic rings. The summed E-state index contributed by atoms with van der Waals surface area (Å²) in [5.74, 6) is 10.1. The van der Waals surface area contributed by atoms with Crippen molar-refractivity contribution in [1.82, 2.24) is 88.0 Å². The topological polar surface area (TPSA) is 337 Å². The molecule has 3 N–H and O–H groups in total. The minimum Gasteiger partial charge on any atom is -0.444 e. The van der Waals surface area contributed by atoms with E-state index in [1.54, 1.807) is 93.3 Å². The van der Waals surface area contributed by atoms with Crippen LogP contribution in [0.5, 0.6) is 0 Å². The van der Waals surface area contributed by atoms with Crippen LogP contribution in [0.25, 0.3) is 46.3 Å². The van der Waals surface area contributed by atoms with Crippen molar-refractivity contribution in [2.45, 2.75) is 228 Å². The number of anilines is 2. The highest BCUT2D eigenvalue weighted by atomic mass is 79.9. The van der Waals surface area contributed by atoms with E-state index in [2.05, 4.69) is 183 Å². The quantitative estimate of drug-likeness (QED) is 0.0517. The number of carbonyl (C=O) groups is 5. The monoisotopic (exact) mass is 2280 g/mol. The van der Waals surface area contributed by atoms with Gasteiger partial charge in [0, 0.05) is 153 Å². The van der Waals surface area contributed by atoms with Crippen molar-refractivity contribution in [3.05, 3.63) is 156 Å². The number of hydrogen-bond acceptors (Lipinski definition) is 19. The Kier molecular flexibility index (Phi) is 36.5. The minimum atomic E-state index is -0.659. The second kappa shape index (κ2) is 46.3. The summed E-state index contributed by atoms with van der Waals surface area (Å²) in [6.45, 7) is 73.1. The Morgan fingerprint density at radius 1 is 0.507 bits per heavy atom. The maximum Gasteiger partial charge on any atom is 0.414 e. The summed E-state index contributed by atoms with van der Waals surface area (Å²) in [7, 11) is 3.32. The molecule has 0 radical (unpaired) electrons. The maximum absolute atomic E-state index is 14.9. The number of likely N-dealkylation sites (tertiary alicyclic amines) is 4. The van der Waals surface area contributed by atoms with Crippen LogP contribution in [0.4, 0.5) is 72.8 Å². The predicted octanol–water partition coefficient (Wildman–Crippen LogP) is 22.2. The van der Waals surface area contributed by atoms with E-state index < -0.39 is 39.9 Å². The van der Waals surface area contributed by atoms with Crippen molar-refractivity contribution in [2.75, 3.05) is 83.3 Å². The summed E-state index contributed by atoms with van der Waals surface area (Å²) in [6, 6.07) is 7.18. The number of imidazole rings is 2. The first-order chi connectivity index (χ1) is 64.8. The molecule has 16 rings (SSSR count). The first kappa shape index (κ1) is 109. The number of terminal acetylenes is 1. The van der Waals surface area contributed by atoms with Crippen LogP contribution in [-0.4, -0.2) is 225 Å². The van der Waals surface area contributed by atoms with Gasteiger partial charge in [-0.25, -0.2) is 66.9 Å². The molecule has 3 saturated carbocycles. The molecule has 0 atom stereocenters. The normalized spacial score (nSPS) is 15.3. The van der Waals surface area contributed by atoms with Crippen molar-refractivity contribution >= 4 is 188 Å². The summed E-state index contributed by atoms with van der Waals surface area (Å²) in [5.41, 5.74) is 4.15. The number of fused-ring (bicyclic) bond motifs is 2. The summed E-state index contributed by atoms with van der Waals surface area (Å²) < 4.78 is 69.4. The predicted molar refractivity (Wildman–Crippen MR) is 538 cm³/mol. The second-order valence-electron chi connectivity index (χ2n) is 38.9. The molecule has 4 saturated heterocycles. The van der Waals surface area contributed by atoms with Crippen LogP contribution in [0.15, 0.2) is 64.5 Å². The van der Waals surface area contributed by atoms with Gasteiger partial charge in [0.05, 0.1) is 78.7 Å². The van der Waals surface area contributed by atoms with Gasteiger partial charge < -0.3 is 62.8 Å². The molecular weight excluding hydrogens is 2170 g/mol. The van der Waals surface area contributed by atoms with E-state index in [9.17, 15) is 32.8 Å². The summed E-state index contributed by atoms with van der Waals surface area (Å²) in [5, 5.41) is 35.3. The second-order valence-corrected chi connectivity index (χ2v) is 43.5. The van der Waals surface area contributed by atoms with Crippen molar-refractivity contribution in [1.29, 1.82) is 0 Å². The highest BCUT2D eigenvalue weighted by Crippen LogP contribution is 2.43. The van der Waals surface area contributed by atoms with Gasteiger partial charge in [0.1, 0.15) is 84.6 Å². The number of aliphatic hydroxyl groups excluding tert-OH is 1. The number of H-pyrrole nitrogens is 1. The van der Waals surface area contributed by atoms with Gasteiger partial charge in [0.2, 0.25) is 5.69 Å². The van der Waals surface area contributed by atoms with Crippen LogP contribution in [0, 0.1) is 98.3 Å². The fourth-order valence-electron chi connectivity index (χ4n) is 14.5. The molecule has 5 amide bonds. The Morgan fingerprint density at radius 2 is 0.891 bits per heavy atom. The van der Waals surface area contributed by atoms with E-state index >= 15 is 0 Å². The summed E-state index contributed by atoms with van der Waals surface area (Å²) in [4.78, 5) is 94.4. The number of aromatic amines is 1. The lowest BCUT2D eigenvalue weighted by Crippen LogP contribution is -2.53.